The van der Waals surface area contributed by atoms with E-state index in [0.717, 1.165) is 19.3 Å². The SMILES string of the molecule is CC(=O)NCCC(=O)OCC(=O)N1CCC(Cc2ccccc2)CC1. The van der Waals surface area contributed by atoms with Crippen LogP contribution in [0.1, 0.15) is 31.7 Å². The first-order valence-electron chi connectivity index (χ1n) is 8.76. The van der Waals surface area contributed by atoms with Gasteiger partial charge in [0.1, 0.15) is 0 Å². The Morgan fingerprint density at radius 1 is 1.16 bits per heavy atom. The number of carbonyl (C=O) groups excluding carboxylic acids is 3. The maximum absolute atomic E-state index is 12.1. The Kier molecular flexibility index (Phi) is 7.44. The molecule has 1 heterocycles. The first-order valence-corrected chi connectivity index (χ1v) is 8.76. The van der Waals surface area contributed by atoms with Crippen molar-refractivity contribution in [2.75, 3.05) is 26.2 Å². The third-order valence-electron chi connectivity index (χ3n) is 4.39. The van der Waals surface area contributed by atoms with E-state index < -0.39 is 5.97 Å². The second-order valence-electron chi connectivity index (χ2n) is 6.41. The first-order chi connectivity index (χ1) is 12.0. The van der Waals surface area contributed by atoms with Gasteiger partial charge in [-0.05, 0) is 30.7 Å². The molecule has 0 saturated carbocycles. The quantitative estimate of drug-likeness (QED) is 0.760. The van der Waals surface area contributed by atoms with Gasteiger partial charge < -0.3 is 15.0 Å². The second kappa shape index (κ2) is 9.81. The molecule has 1 N–H and O–H groups in total. The molecule has 6 heteroatoms. The normalized spacial score (nSPS) is 14.8. The smallest absolute Gasteiger partial charge is 0.308 e. The molecule has 0 bridgehead atoms. The molecule has 0 aromatic heterocycles. The lowest BCUT2D eigenvalue weighted by atomic mass is 9.90. The minimum Gasteiger partial charge on any atom is -0.456 e. The molecule has 2 amide bonds. The summed E-state index contributed by atoms with van der Waals surface area (Å²) < 4.78 is 4.98. The van der Waals surface area contributed by atoms with Crippen LogP contribution in [-0.4, -0.2) is 48.9 Å². The molecule has 6 nitrogen and oxygen atoms in total. The lowest BCUT2D eigenvalue weighted by molar-refractivity contribution is -0.152. The van der Waals surface area contributed by atoms with Crippen molar-refractivity contribution in [3.63, 3.8) is 0 Å². The fourth-order valence-corrected chi connectivity index (χ4v) is 2.98. The van der Waals surface area contributed by atoms with Crippen molar-refractivity contribution in [1.29, 1.82) is 0 Å². The highest BCUT2D eigenvalue weighted by molar-refractivity contribution is 5.81. The van der Waals surface area contributed by atoms with Gasteiger partial charge in [-0.3, -0.25) is 14.4 Å². The number of hydrogen-bond acceptors (Lipinski definition) is 4. The predicted molar refractivity (Wildman–Crippen MR) is 93.7 cm³/mol. The molecular weight excluding hydrogens is 320 g/mol. The summed E-state index contributed by atoms with van der Waals surface area (Å²) in [5.74, 6) is -0.221. The molecule has 0 spiro atoms. The molecule has 136 valence electrons. The van der Waals surface area contributed by atoms with Crippen LogP contribution in [0.2, 0.25) is 0 Å². The summed E-state index contributed by atoms with van der Waals surface area (Å²) in [5.41, 5.74) is 1.33. The van der Waals surface area contributed by atoms with Gasteiger partial charge in [0.2, 0.25) is 5.91 Å². The molecule has 1 fully saturated rings. The number of esters is 1. The monoisotopic (exact) mass is 346 g/mol. The highest BCUT2D eigenvalue weighted by atomic mass is 16.5. The summed E-state index contributed by atoms with van der Waals surface area (Å²) in [6, 6.07) is 10.4. The largest absolute Gasteiger partial charge is 0.456 e. The van der Waals surface area contributed by atoms with E-state index >= 15 is 0 Å². The highest BCUT2D eigenvalue weighted by Crippen LogP contribution is 2.21. The van der Waals surface area contributed by atoms with Crippen molar-refractivity contribution in [3.8, 4) is 0 Å². The van der Waals surface area contributed by atoms with Gasteiger partial charge in [-0.1, -0.05) is 30.3 Å². The van der Waals surface area contributed by atoms with Crippen LogP contribution in [0.3, 0.4) is 0 Å². The van der Waals surface area contributed by atoms with E-state index in [0.29, 0.717) is 19.0 Å². The Morgan fingerprint density at radius 3 is 2.48 bits per heavy atom. The Hall–Kier alpha value is -2.37. The van der Waals surface area contributed by atoms with Crippen LogP contribution in [0.25, 0.3) is 0 Å². The minimum atomic E-state index is -0.471. The zero-order valence-corrected chi connectivity index (χ0v) is 14.7. The van der Waals surface area contributed by atoms with Crippen molar-refractivity contribution >= 4 is 17.8 Å². The molecule has 25 heavy (non-hydrogen) atoms. The predicted octanol–water partition coefficient (Wildman–Crippen LogP) is 1.54. The number of carbonyl (C=O) groups is 3. The molecule has 1 aliphatic heterocycles. The van der Waals surface area contributed by atoms with Crippen LogP contribution >= 0.6 is 0 Å². The fraction of sp³-hybridized carbons (Fsp3) is 0.526. The number of piperidine rings is 1. The molecule has 0 aliphatic carbocycles. The molecule has 0 radical (unpaired) electrons. The van der Waals surface area contributed by atoms with Crippen molar-refractivity contribution in [1.82, 2.24) is 10.2 Å². The second-order valence-corrected chi connectivity index (χ2v) is 6.41. The summed E-state index contributed by atoms with van der Waals surface area (Å²) in [4.78, 5) is 36.1. The molecule has 1 aromatic carbocycles. The maximum Gasteiger partial charge on any atom is 0.308 e. The number of ether oxygens (including phenoxy) is 1. The lowest BCUT2D eigenvalue weighted by Gasteiger charge is -2.32. The van der Waals surface area contributed by atoms with Crippen LogP contribution in [0.15, 0.2) is 30.3 Å². The third kappa shape index (κ3) is 6.95. The topological polar surface area (TPSA) is 75.7 Å². The van der Waals surface area contributed by atoms with Crippen molar-refractivity contribution < 1.29 is 19.1 Å². The van der Waals surface area contributed by atoms with E-state index in [1.54, 1.807) is 4.90 Å². The van der Waals surface area contributed by atoms with Crippen molar-refractivity contribution in [2.45, 2.75) is 32.6 Å². The summed E-state index contributed by atoms with van der Waals surface area (Å²) in [5, 5.41) is 2.52. The van der Waals surface area contributed by atoms with Crippen LogP contribution in [0.4, 0.5) is 0 Å². The number of nitrogens with zero attached hydrogens (tertiary/aromatic N) is 1. The Bertz CT molecular complexity index is 580. The number of nitrogens with one attached hydrogen (secondary N) is 1. The van der Waals surface area contributed by atoms with Crippen LogP contribution in [0, 0.1) is 5.92 Å². The zero-order chi connectivity index (χ0) is 18.1. The van der Waals surface area contributed by atoms with E-state index in [4.69, 9.17) is 4.74 Å². The molecule has 1 saturated heterocycles. The van der Waals surface area contributed by atoms with E-state index in [-0.39, 0.29) is 31.4 Å². The average Bonchev–Trinajstić information content (AvgIpc) is 2.61. The molecule has 1 aromatic rings. The Balaban J connectivity index is 1.63. The number of likely N-dealkylation sites (tertiary alicyclic amines) is 1. The van der Waals surface area contributed by atoms with Gasteiger partial charge in [0.05, 0.1) is 6.42 Å². The van der Waals surface area contributed by atoms with E-state index in [1.807, 2.05) is 18.2 Å². The average molecular weight is 346 g/mol. The number of hydrogen-bond donors (Lipinski definition) is 1. The van der Waals surface area contributed by atoms with Crippen molar-refractivity contribution in [3.05, 3.63) is 35.9 Å². The third-order valence-corrected chi connectivity index (χ3v) is 4.39. The van der Waals surface area contributed by atoms with Gasteiger partial charge in [0.15, 0.2) is 6.61 Å². The van der Waals surface area contributed by atoms with E-state index in [9.17, 15) is 14.4 Å². The van der Waals surface area contributed by atoms with Crippen LogP contribution in [-0.2, 0) is 25.5 Å². The van der Waals surface area contributed by atoms with Crippen LogP contribution in [0.5, 0.6) is 0 Å². The van der Waals surface area contributed by atoms with Crippen molar-refractivity contribution in [2.24, 2.45) is 5.92 Å². The fourth-order valence-electron chi connectivity index (χ4n) is 2.98. The summed E-state index contributed by atoms with van der Waals surface area (Å²) in [6.07, 6.45) is 3.06. The molecular formula is C19H26N2O4. The van der Waals surface area contributed by atoms with Gasteiger partial charge in [-0.15, -0.1) is 0 Å². The van der Waals surface area contributed by atoms with Gasteiger partial charge >= 0.3 is 5.97 Å². The first kappa shape index (κ1) is 19.0. The summed E-state index contributed by atoms with van der Waals surface area (Å²) >= 11 is 0. The Morgan fingerprint density at radius 2 is 1.84 bits per heavy atom. The van der Waals surface area contributed by atoms with E-state index in [2.05, 4.69) is 17.4 Å². The minimum absolute atomic E-state index is 0.0754. The van der Waals surface area contributed by atoms with Gasteiger partial charge in [-0.25, -0.2) is 0 Å². The molecule has 0 atom stereocenters. The van der Waals surface area contributed by atoms with Gasteiger partial charge in [0.25, 0.3) is 5.91 Å². The van der Waals surface area contributed by atoms with Gasteiger partial charge in [0, 0.05) is 26.6 Å². The maximum atomic E-state index is 12.1. The number of benzene rings is 1. The van der Waals surface area contributed by atoms with Gasteiger partial charge in [-0.2, -0.15) is 0 Å². The standard InChI is InChI=1S/C19H26N2O4/c1-15(22)20-10-7-19(24)25-14-18(23)21-11-8-17(9-12-21)13-16-5-3-2-4-6-16/h2-6,17H,7-14H2,1H3,(H,20,22). The summed E-state index contributed by atoms with van der Waals surface area (Å²) in [7, 11) is 0. The highest BCUT2D eigenvalue weighted by Gasteiger charge is 2.23. The zero-order valence-electron chi connectivity index (χ0n) is 14.7. The Labute approximate surface area is 148 Å². The van der Waals surface area contributed by atoms with Crippen LogP contribution < -0.4 is 5.32 Å². The lowest BCUT2D eigenvalue weighted by Crippen LogP contribution is -2.41. The molecule has 2 rings (SSSR count). The number of rotatable bonds is 7. The number of amides is 2. The molecule has 0 unspecified atom stereocenters. The molecule has 1 aliphatic rings. The summed E-state index contributed by atoms with van der Waals surface area (Å²) in [6.45, 7) is 2.81. The van der Waals surface area contributed by atoms with E-state index in [1.165, 1.54) is 12.5 Å².